The molecule has 13 heteroatoms. The van der Waals surface area contributed by atoms with Gasteiger partial charge in [-0.15, -0.1) is 0 Å². The largest absolute Gasteiger partial charge is 0.478 e. The molecule has 1 aliphatic rings. The fraction of sp³-hybridized carbons (Fsp3) is 0.316. The van der Waals surface area contributed by atoms with Crippen molar-refractivity contribution in [3.63, 3.8) is 0 Å². The molecule has 3 rings (SSSR count). The van der Waals surface area contributed by atoms with Gasteiger partial charge >= 0.3 is 12.1 Å². The van der Waals surface area contributed by atoms with Gasteiger partial charge in [-0.1, -0.05) is 11.6 Å². The molecule has 1 aliphatic heterocycles. The fourth-order valence-electron chi connectivity index (χ4n) is 3.54. The summed E-state index contributed by atoms with van der Waals surface area (Å²) in [6.45, 7) is 0.698. The minimum atomic E-state index is -4.83. The first-order valence-corrected chi connectivity index (χ1v) is 10.9. The maximum absolute atomic E-state index is 14.4. The number of carboxylic acid groups (broad SMARTS) is 1. The molecule has 0 aliphatic carbocycles. The van der Waals surface area contributed by atoms with E-state index >= 15 is 0 Å². The van der Waals surface area contributed by atoms with Crippen molar-refractivity contribution in [2.24, 2.45) is 0 Å². The molecule has 0 unspecified atom stereocenters. The molecule has 1 saturated heterocycles. The summed E-state index contributed by atoms with van der Waals surface area (Å²) in [6, 6.07) is 2.47. The van der Waals surface area contributed by atoms with Crippen molar-refractivity contribution in [3.05, 3.63) is 58.1 Å². The lowest BCUT2D eigenvalue weighted by Crippen LogP contribution is -2.54. The minimum absolute atomic E-state index is 0.195. The van der Waals surface area contributed by atoms with Crippen molar-refractivity contribution in [1.82, 2.24) is 4.31 Å². The van der Waals surface area contributed by atoms with Gasteiger partial charge in [-0.05, 0) is 37.3 Å². The molecule has 32 heavy (non-hydrogen) atoms. The molecule has 0 saturated carbocycles. The van der Waals surface area contributed by atoms with E-state index in [-0.39, 0.29) is 25.3 Å². The number of piperazine rings is 1. The van der Waals surface area contributed by atoms with E-state index in [9.17, 15) is 35.2 Å². The molecule has 2 aromatic carbocycles. The molecule has 0 amide bonds. The van der Waals surface area contributed by atoms with Crippen LogP contribution in [0.4, 0.5) is 27.6 Å². The van der Waals surface area contributed by atoms with Gasteiger partial charge in [0.05, 0.1) is 16.1 Å². The Labute approximate surface area is 184 Å². The Kier molecular flexibility index (Phi) is 6.42. The second-order valence-electron chi connectivity index (χ2n) is 7.14. The van der Waals surface area contributed by atoms with E-state index in [1.54, 1.807) is 0 Å². The molecule has 1 heterocycles. The third kappa shape index (κ3) is 4.52. The molecule has 1 N–H and O–H groups in total. The Balaban J connectivity index is 1.93. The lowest BCUT2D eigenvalue weighted by molar-refractivity contribution is -0.137. The van der Waals surface area contributed by atoms with Crippen LogP contribution in [0.2, 0.25) is 5.02 Å². The van der Waals surface area contributed by atoms with Crippen molar-refractivity contribution in [2.45, 2.75) is 24.0 Å². The second kappa shape index (κ2) is 8.49. The number of hydrogen-bond acceptors (Lipinski definition) is 4. The number of benzene rings is 2. The molecular formula is C19H16ClF5N2O4S. The van der Waals surface area contributed by atoms with Crippen molar-refractivity contribution in [2.75, 3.05) is 24.5 Å². The number of alkyl halides is 3. The van der Waals surface area contributed by atoms with E-state index in [0.29, 0.717) is 18.2 Å². The van der Waals surface area contributed by atoms with Crippen LogP contribution in [0, 0.1) is 11.6 Å². The Hall–Kier alpha value is -2.44. The van der Waals surface area contributed by atoms with Gasteiger partial charge in [0.2, 0.25) is 10.0 Å². The highest BCUT2D eigenvalue weighted by Gasteiger charge is 2.40. The van der Waals surface area contributed by atoms with Crippen LogP contribution in [0.15, 0.2) is 35.2 Å². The Morgan fingerprint density at radius 3 is 2.38 bits per heavy atom. The lowest BCUT2D eigenvalue weighted by atomic mass is 10.1. The topological polar surface area (TPSA) is 77.9 Å². The molecule has 0 spiro atoms. The maximum Gasteiger partial charge on any atom is 0.418 e. The molecule has 174 valence electrons. The summed E-state index contributed by atoms with van der Waals surface area (Å²) in [6.07, 6.45) is -4.83. The van der Waals surface area contributed by atoms with Crippen LogP contribution in [-0.2, 0) is 16.2 Å². The highest BCUT2D eigenvalue weighted by atomic mass is 35.5. The van der Waals surface area contributed by atoms with Gasteiger partial charge in [-0.3, -0.25) is 0 Å². The second-order valence-corrected chi connectivity index (χ2v) is 9.40. The fourth-order valence-corrected chi connectivity index (χ4v) is 5.46. The van der Waals surface area contributed by atoms with Gasteiger partial charge in [0.25, 0.3) is 0 Å². The first-order chi connectivity index (χ1) is 14.7. The average molecular weight is 499 g/mol. The number of halogens is 6. The predicted molar refractivity (Wildman–Crippen MR) is 105 cm³/mol. The summed E-state index contributed by atoms with van der Waals surface area (Å²) >= 11 is 5.66. The lowest BCUT2D eigenvalue weighted by Gasteiger charge is -2.40. The third-order valence-corrected chi connectivity index (χ3v) is 7.35. The van der Waals surface area contributed by atoms with Crippen molar-refractivity contribution >= 4 is 33.3 Å². The van der Waals surface area contributed by atoms with E-state index in [1.165, 1.54) is 11.8 Å². The maximum atomic E-state index is 14.4. The number of anilines is 1. The van der Waals surface area contributed by atoms with E-state index in [4.69, 9.17) is 16.7 Å². The molecule has 0 radical (unpaired) electrons. The Bertz CT molecular complexity index is 1170. The zero-order valence-corrected chi connectivity index (χ0v) is 17.9. The molecular weight excluding hydrogens is 483 g/mol. The number of carboxylic acids is 1. The molecule has 0 bridgehead atoms. The SMILES string of the molecule is C[C@@H]1CN(c2ccc(F)cc2C(F)(F)F)CCN1S(=O)(=O)c1cc(C(=O)O)c(Cl)cc1F. The zero-order chi connectivity index (χ0) is 24.0. The van der Waals surface area contributed by atoms with Crippen LogP contribution in [0.25, 0.3) is 0 Å². The molecule has 1 atom stereocenters. The summed E-state index contributed by atoms with van der Waals surface area (Å²) in [7, 11) is -4.54. The van der Waals surface area contributed by atoms with E-state index in [0.717, 1.165) is 16.4 Å². The molecule has 2 aromatic rings. The van der Waals surface area contributed by atoms with Crippen molar-refractivity contribution in [3.8, 4) is 0 Å². The summed E-state index contributed by atoms with van der Waals surface area (Å²) in [5.74, 6) is -3.88. The van der Waals surface area contributed by atoms with Gasteiger partial charge in [0.15, 0.2) is 0 Å². The van der Waals surface area contributed by atoms with Gasteiger partial charge in [-0.2, -0.15) is 17.5 Å². The third-order valence-electron chi connectivity index (χ3n) is 5.01. The molecule has 6 nitrogen and oxygen atoms in total. The minimum Gasteiger partial charge on any atom is -0.478 e. The first-order valence-electron chi connectivity index (χ1n) is 9.09. The van der Waals surface area contributed by atoms with Crippen LogP contribution in [0.5, 0.6) is 0 Å². The summed E-state index contributed by atoms with van der Waals surface area (Å²) in [5, 5.41) is 8.66. The molecule has 0 aromatic heterocycles. The number of nitrogens with zero attached hydrogens (tertiary/aromatic N) is 2. The highest BCUT2D eigenvalue weighted by Crippen LogP contribution is 2.38. The monoisotopic (exact) mass is 498 g/mol. The molecule has 1 fully saturated rings. The van der Waals surface area contributed by atoms with Gasteiger partial charge < -0.3 is 10.0 Å². The number of hydrogen-bond donors (Lipinski definition) is 1. The standard InChI is InChI=1S/C19H16ClF5N2O4S/c1-10-9-26(16-3-2-11(21)6-13(16)19(23,24)25)4-5-27(10)32(30,31)17-7-12(18(28)29)14(20)8-15(17)22/h2-3,6-8,10H,4-5,9H2,1H3,(H,28,29)/t10-/m1/s1. The zero-order valence-electron chi connectivity index (χ0n) is 16.3. The van der Waals surface area contributed by atoms with Crippen LogP contribution >= 0.6 is 11.6 Å². The van der Waals surface area contributed by atoms with Crippen LogP contribution < -0.4 is 4.90 Å². The number of aromatic carboxylic acids is 1. The number of carbonyl (C=O) groups is 1. The normalized spacial score (nSPS) is 18.1. The first kappa shape index (κ1) is 24.2. The highest BCUT2D eigenvalue weighted by molar-refractivity contribution is 7.89. The van der Waals surface area contributed by atoms with Crippen LogP contribution in [0.1, 0.15) is 22.8 Å². The van der Waals surface area contributed by atoms with E-state index < -0.39 is 60.9 Å². The van der Waals surface area contributed by atoms with Gasteiger partial charge in [0.1, 0.15) is 16.5 Å². The smallest absolute Gasteiger partial charge is 0.418 e. The summed E-state index contributed by atoms with van der Waals surface area (Å²) in [4.78, 5) is 11.6. The van der Waals surface area contributed by atoms with Gasteiger partial charge in [0, 0.05) is 31.4 Å². The number of rotatable bonds is 4. The quantitative estimate of drug-likeness (QED) is 0.638. The summed E-state index contributed by atoms with van der Waals surface area (Å²) < 4.78 is 94.7. The average Bonchev–Trinajstić information content (AvgIpc) is 2.66. The van der Waals surface area contributed by atoms with Crippen LogP contribution in [0.3, 0.4) is 0 Å². The van der Waals surface area contributed by atoms with Crippen molar-refractivity contribution in [1.29, 1.82) is 0 Å². The van der Waals surface area contributed by atoms with E-state index in [2.05, 4.69) is 0 Å². The van der Waals surface area contributed by atoms with Crippen LogP contribution in [-0.4, -0.2) is 49.5 Å². The Morgan fingerprint density at radius 2 is 1.81 bits per heavy atom. The number of sulfonamides is 1. The Morgan fingerprint density at radius 1 is 1.16 bits per heavy atom. The van der Waals surface area contributed by atoms with E-state index in [1.807, 2.05) is 0 Å². The summed E-state index contributed by atoms with van der Waals surface area (Å²) in [5.41, 5.74) is -2.12. The van der Waals surface area contributed by atoms with Crippen molar-refractivity contribution < 1.29 is 40.3 Å². The van der Waals surface area contributed by atoms with Gasteiger partial charge in [-0.25, -0.2) is 22.0 Å². The predicted octanol–water partition coefficient (Wildman–Crippen LogP) is 4.23.